The third-order valence-electron chi connectivity index (χ3n) is 9.08. The molecule has 0 spiro atoms. The number of likely N-dealkylation sites (tertiary alicyclic amines) is 1. The van der Waals surface area contributed by atoms with Gasteiger partial charge in [0.25, 0.3) is 5.91 Å². The molecule has 1 aliphatic carbocycles. The van der Waals surface area contributed by atoms with Gasteiger partial charge in [-0.1, -0.05) is 84.7 Å². The molecule has 3 rings (SSSR count). The molecule has 1 saturated heterocycles. The largest absolute Gasteiger partial charge is 0.350 e. The van der Waals surface area contributed by atoms with E-state index in [1.807, 2.05) is 78.8 Å². The molecule has 0 aromatic heterocycles. The lowest BCUT2D eigenvalue weighted by Crippen LogP contribution is -2.62. The molecule has 5 N–H and O–H groups in total. The van der Waals surface area contributed by atoms with Crippen LogP contribution in [0.25, 0.3) is 0 Å². The zero-order valence-electron chi connectivity index (χ0n) is 29.4. The van der Waals surface area contributed by atoms with Crippen LogP contribution in [0.3, 0.4) is 0 Å². The molecule has 0 bridgehead atoms. The second-order valence-corrected chi connectivity index (χ2v) is 15.5. The van der Waals surface area contributed by atoms with Crippen LogP contribution in [0.2, 0.25) is 0 Å². The highest BCUT2D eigenvalue weighted by molar-refractivity contribution is 6.38. The number of unbranched alkanes of at least 4 members (excludes halogenated alkanes) is 1. The standard InChI is InChI=1S/C35H54N6O6/c1-10-11-17-23(27(43)30(45)37-19-24(42)36-18-21-15-13-12-14-16-21)38-29(44)26-25-22(35(25,8)9)20-41(26)31(46)28(33(2,3)4)39-32(47)40-34(5,6)7/h12-16,22-23,25-26,28H,10-11,17-20H2,1-9H3,(H,36,42)(H,37,45)(H,38,44)(H2,39,40,47)/t22-,23?,25-,26+,28-/m1/s1. The highest BCUT2D eigenvalue weighted by Crippen LogP contribution is 2.65. The molecule has 47 heavy (non-hydrogen) atoms. The van der Waals surface area contributed by atoms with Gasteiger partial charge in [0.2, 0.25) is 23.5 Å². The van der Waals surface area contributed by atoms with Gasteiger partial charge in [-0.05, 0) is 55.4 Å². The number of piperidine rings is 1. The summed E-state index contributed by atoms with van der Waals surface area (Å²) in [4.78, 5) is 81.0. The third kappa shape index (κ3) is 9.77. The molecule has 5 atom stereocenters. The van der Waals surface area contributed by atoms with Crippen LogP contribution in [0.1, 0.15) is 87.1 Å². The van der Waals surface area contributed by atoms with Crippen LogP contribution < -0.4 is 26.6 Å². The third-order valence-corrected chi connectivity index (χ3v) is 9.08. The number of amides is 6. The number of nitrogens with one attached hydrogen (secondary N) is 5. The van der Waals surface area contributed by atoms with Crippen LogP contribution in [0.4, 0.5) is 4.79 Å². The number of ketones is 1. The number of hydrogen-bond donors (Lipinski definition) is 5. The summed E-state index contributed by atoms with van der Waals surface area (Å²) in [6.45, 7) is 17.3. The minimum Gasteiger partial charge on any atom is -0.350 e. The zero-order chi connectivity index (χ0) is 35.3. The van der Waals surface area contributed by atoms with Crippen LogP contribution in [0, 0.1) is 22.7 Å². The number of carbonyl (C=O) groups is 6. The average molecular weight is 655 g/mol. The van der Waals surface area contributed by atoms with E-state index in [1.54, 1.807) is 0 Å². The monoisotopic (exact) mass is 654 g/mol. The number of nitrogens with zero attached hydrogens (tertiary/aromatic N) is 1. The van der Waals surface area contributed by atoms with E-state index in [2.05, 4.69) is 40.4 Å². The summed E-state index contributed by atoms with van der Waals surface area (Å²) in [7, 11) is 0. The van der Waals surface area contributed by atoms with Crippen LogP contribution in [-0.2, 0) is 30.5 Å². The van der Waals surface area contributed by atoms with Gasteiger partial charge in [-0.3, -0.25) is 24.0 Å². The SMILES string of the molecule is CCCCC(NC(=O)[C@@H]1[C@H]2[C@@H](CN1C(=O)[C@@H](NC(=O)NC(C)(C)C)C(C)(C)C)C2(C)C)C(=O)C(=O)NCC(=O)NCc1ccccc1. The molecular weight excluding hydrogens is 600 g/mol. The molecule has 1 unspecified atom stereocenters. The topological polar surface area (TPSA) is 166 Å². The predicted molar refractivity (Wildman–Crippen MR) is 179 cm³/mol. The highest BCUT2D eigenvalue weighted by Gasteiger charge is 2.70. The van der Waals surface area contributed by atoms with Gasteiger partial charge >= 0.3 is 6.03 Å². The summed E-state index contributed by atoms with van der Waals surface area (Å²) >= 11 is 0. The first-order chi connectivity index (χ1) is 21.8. The Labute approximate surface area is 278 Å². The van der Waals surface area contributed by atoms with Gasteiger partial charge in [0.1, 0.15) is 12.1 Å². The summed E-state index contributed by atoms with van der Waals surface area (Å²) in [6.07, 6.45) is 1.53. The zero-order valence-corrected chi connectivity index (χ0v) is 29.4. The van der Waals surface area contributed by atoms with Gasteiger partial charge in [0, 0.05) is 18.6 Å². The molecule has 12 heteroatoms. The van der Waals surface area contributed by atoms with Crippen molar-refractivity contribution in [2.45, 2.75) is 112 Å². The minimum atomic E-state index is -1.12. The number of benzene rings is 1. The Morgan fingerprint density at radius 3 is 2.15 bits per heavy atom. The van der Waals surface area contributed by atoms with Gasteiger partial charge in [-0.25, -0.2) is 4.79 Å². The minimum absolute atomic E-state index is 0.0775. The molecule has 6 amide bonds. The number of Topliss-reactive ketones (excluding diaryl/α,β-unsaturated/α-hetero) is 1. The van der Waals surface area contributed by atoms with Crippen LogP contribution in [-0.4, -0.2) is 77.1 Å². The van der Waals surface area contributed by atoms with Gasteiger partial charge < -0.3 is 31.5 Å². The smallest absolute Gasteiger partial charge is 0.315 e. The quantitative estimate of drug-likeness (QED) is 0.205. The number of carbonyl (C=O) groups excluding carboxylic acids is 6. The molecule has 2 fully saturated rings. The summed E-state index contributed by atoms with van der Waals surface area (Å²) in [5, 5.41) is 13.5. The van der Waals surface area contributed by atoms with E-state index in [1.165, 1.54) is 4.90 Å². The lowest BCUT2D eigenvalue weighted by Gasteiger charge is -2.38. The first-order valence-electron chi connectivity index (χ1n) is 16.6. The molecule has 12 nitrogen and oxygen atoms in total. The van der Waals surface area contributed by atoms with Crippen LogP contribution >= 0.6 is 0 Å². The van der Waals surface area contributed by atoms with Crippen molar-refractivity contribution in [1.29, 1.82) is 0 Å². The van der Waals surface area contributed by atoms with Gasteiger partial charge in [-0.2, -0.15) is 0 Å². The molecule has 2 aliphatic rings. The molecule has 1 aromatic carbocycles. The Morgan fingerprint density at radius 1 is 0.936 bits per heavy atom. The summed E-state index contributed by atoms with van der Waals surface area (Å²) in [6, 6.07) is 5.89. The Kier molecular flexibility index (Phi) is 11.9. The Morgan fingerprint density at radius 2 is 1.57 bits per heavy atom. The highest BCUT2D eigenvalue weighted by atomic mass is 16.2. The van der Waals surface area contributed by atoms with Crippen molar-refractivity contribution in [2.24, 2.45) is 22.7 Å². The van der Waals surface area contributed by atoms with Crippen molar-refractivity contribution in [2.75, 3.05) is 13.1 Å². The average Bonchev–Trinajstić information content (AvgIpc) is 3.29. The predicted octanol–water partition coefficient (Wildman–Crippen LogP) is 2.66. The number of urea groups is 1. The van der Waals surface area contributed by atoms with Crippen molar-refractivity contribution in [3.8, 4) is 0 Å². The van der Waals surface area contributed by atoms with E-state index in [0.717, 1.165) is 12.0 Å². The second kappa shape index (κ2) is 14.9. The summed E-state index contributed by atoms with van der Waals surface area (Å²) < 4.78 is 0. The molecule has 1 heterocycles. The van der Waals surface area contributed by atoms with Crippen molar-refractivity contribution in [3.05, 3.63) is 35.9 Å². The summed E-state index contributed by atoms with van der Waals surface area (Å²) in [5.74, 6) is -3.21. The summed E-state index contributed by atoms with van der Waals surface area (Å²) in [5.41, 5.74) is -0.486. The molecule has 1 aromatic rings. The lowest BCUT2D eigenvalue weighted by atomic mass is 9.85. The first-order valence-corrected chi connectivity index (χ1v) is 16.6. The fourth-order valence-electron chi connectivity index (χ4n) is 6.33. The number of rotatable bonds is 13. The maximum atomic E-state index is 14.1. The van der Waals surface area contributed by atoms with Gasteiger partial charge in [0.15, 0.2) is 0 Å². The van der Waals surface area contributed by atoms with Crippen LogP contribution in [0.5, 0.6) is 0 Å². The van der Waals surface area contributed by atoms with E-state index in [-0.39, 0.29) is 36.1 Å². The van der Waals surface area contributed by atoms with Crippen molar-refractivity contribution in [3.63, 3.8) is 0 Å². The van der Waals surface area contributed by atoms with E-state index in [4.69, 9.17) is 0 Å². The van der Waals surface area contributed by atoms with E-state index in [9.17, 15) is 28.8 Å². The molecule has 1 aliphatic heterocycles. The van der Waals surface area contributed by atoms with Crippen molar-refractivity contribution >= 4 is 35.4 Å². The first kappa shape index (κ1) is 37.5. The Hall–Kier alpha value is -3.96. The fraction of sp³-hybridized carbons (Fsp3) is 0.657. The van der Waals surface area contributed by atoms with Crippen molar-refractivity contribution in [1.82, 2.24) is 31.5 Å². The molecular formula is C35H54N6O6. The van der Waals surface area contributed by atoms with E-state index in [0.29, 0.717) is 13.0 Å². The second-order valence-electron chi connectivity index (χ2n) is 15.5. The Balaban J connectivity index is 1.72. The van der Waals surface area contributed by atoms with Crippen LogP contribution in [0.15, 0.2) is 30.3 Å². The number of fused-ring (bicyclic) bond motifs is 1. The van der Waals surface area contributed by atoms with Gasteiger partial charge in [0.05, 0.1) is 12.6 Å². The number of hydrogen-bond acceptors (Lipinski definition) is 6. The normalized spacial score (nSPS) is 21.0. The maximum absolute atomic E-state index is 14.1. The van der Waals surface area contributed by atoms with Crippen molar-refractivity contribution < 1.29 is 28.8 Å². The molecule has 0 radical (unpaired) electrons. The van der Waals surface area contributed by atoms with E-state index >= 15 is 0 Å². The Bertz CT molecular complexity index is 1330. The molecule has 260 valence electrons. The van der Waals surface area contributed by atoms with Gasteiger partial charge in [-0.15, -0.1) is 0 Å². The van der Waals surface area contributed by atoms with E-state index < -0.39 is 65.2 Å². The fourth-order valence-corrected chi connectivity index (χ4v) is 6.33. The maximum Gasteiger partial charge on any atom is 0.315 e. The lowest BCUT2D eigenvalue weighted by molar-refractivity contribution is -0.145. The molecule has 1 saturated carbocycles.